The normalized spacial score (nSPS) is 41.3. The second-order valence-electron chi connectivity index (χ2n) is 9.72. The van der Waals surface area contributed by atoms with E-state index in [-0.39, 0.29) is 17.6 Å². The molecule has 6 rings (SSSR count). The standard InChI is InChI=1S/C21H25F3N6/c22-21(23,24)17-3-1-2-16(27-17)20(14-6-10-4-11(10)7-14)29-18(25)28-19(30-20)26-15-8-12-5-13(12)9-15/h1-3,10-15H,4-9H2,(H4,25,26,28,29,30). The Hall–Kier alpha value is -2.32. The molecule has 2 heterocycles. The fourth-order valence-electron chi connectivity index (χ4n) is 6.04. The SMILES string of the molecule is NC1=NC(c2cccc(C(F)(F)F)n2)(C2CC3CC3C2)NC(NC2CC3CC3C2)=N1. The van der Waals surface area contributed by atoms with Gasteiger partial charge in [-0.3, -0.25) is 0 Å². The van der Waals surface area contributed by atoms with Crippen LogP contribution in [-0.2, 0) is 11.8 Å². The zero-order valence-corrected chi connectivity index (χ0v) is 16.5. The van der Waals surface area contributed by atoms with Gasteiger partial charge in [0, 0.05) is 12.0 Å². The number of nitrogens with two attached hydrogens (primary N) is 1. The van der Waals surface area contributed by atoms with Crippen LogP contribution in [0.2, 0.25) is 0 Å². The van der Waals surface area contributed by atoms with Crippen LogP contribution in [0.4, 0.5) is 13.2 Å². The Bertz CT molecular complexity index is 923. The van der Waals surface area contributed by atoms with Gasteiger partial charge in [0.1, 0.15) is 5.69 Å². The van der Waals surface area contributed by atoms with Gasteiger partial charge >= 0.3 is 6.18 Å². The van der Waals surface area contributed by atoms with Gasteiger partial charge in [-0.2, -0.15) is 18.2 Å². The van der Waals surface area contributed by atoms with Crippen molar-refractivity contribution < 1.29 is 13.2 Å². The average molecular weight is 418 g/mol. The minimum absolute atomic E-state index is 0.0278. The van der Waals surface area contributed by atoms with Crippen molar-refractivity contribution >= 4 is 11.9 Å². The minimum atomic E-state index is -4.51. The molecule has 6 nitrogen and oxygen atoms in total. The molecule has 4 aliphatic carbocycles. The van der Waals surface area contributed by atoms with Crippen LogP contribution < -0.4 is 16.4 Å². The molecule has 30 heavy (non-hydrogen) atoms. The number of alkyl halides is 3. The molecule has 9 heteroatoms. The summed E-state index contributed by atoms with van der Waals surface area (Å²) < 4.78 is 40.2. The lowest BCUT2D eigenvalue weighted by Gasteiger charge is -2.40. The van der Waals surface area contributed by atoms with E-state index in [4.69, 9.17) is 5.73 Å². The Morgan fingerprint density at radius 3 is 2.33 bits per heavy atom. The Labute approximate surface area is 172 Å². The first-order chi connectivity index (χ1) is 14.3. The van der Waals surface area contributed by atoms with Crippen molar-refractivity contribution in [1.29, 1.82) is 0 Å². The van der Waals surface area contributed by atoms with E-state index in [1.165, 1.54) is 18.9 Å². The zero-order valence-electron chi connectivity index (χ0n) is 16.5. The van der Waals surface area contributed by atoms with E-state index in [1.54, 1.807) is 6.07 Å². The van der Waals surface area contributed by atoms with Crippen molar-refractivity contribution in [2.24, 2.45) is 45.3 Å². The maximum atomic E-state index is 13.4. The van der Waals surface area contributed by atoms with Crippen LogP contribution in [0.15, 0.2) is 28.2 Å². The molecule has 0 amide bonds. The number of guanidine groups is 2. The third-order valence-electron chi connectivity index (χ3n) is 7.68. The lowest BCUT2D eigenvalue weighted by atomic mass is 9.85. The van der Waals surface area contributed by atoms with Crippen LogP contribution in [0.3, 0.4) is 0 Å². The fourth-order valence-corrected chi connectivity index (χ4v) is 6.04. The van der Waals surface area contributed by atoms with Crippen molar-refractivity contribution in [2.45, 2.75) is 56.4 Å². The van der Waals surface area contributed by atoms with E-state index in [1.807, 2.05) is 0 Å². The maximum Gasteiger partial charge on any atom is 0.433 e. The summed E-state index contributed by atoms with van der Waals surface area (Å²) in [6, 6.07) is 4.34. The van der Waals surface area contributed by atoms with Gasteiger partial charge in [-0.25, -0.2) is 9.98 Å². The van der Waals surface area contributed by atoms with E-state index in [9.17, 15) is 13.2 Å². The third kappa shape index (κ3) is 3.04. The smallest absolute Gasteiger partial charge is 0.368 e. The lowest BCUT2D eigenvalue weighted by molar-refractivity contribution is -0.141. The van der Waals surface area contributed by atoms with E-state index in [0.29, 0.717) is 23.8 Å². The second kappa shape index (κ2) is 6.11. The number of nitrogens with zero attached hydrogens (tertiary/aromatic N) is 3. The van der Waals surface area contributed by atoms with E-state index < -0.39 is 17.5 Å². The molecular weight excluding hydrogens is 393 g/mol. The van der Waals surface area contributed by atoms with E-state index in [2.05, 4.69) is 25.6 Å². The number of hydrogen-bond acceptors (Lipinski definition) is 6. The third-order valence-corrected chi connectivity index (χ3v) is 7.68. The first-order valence-electron chi connectivity index (χ1n) is 10.8. The first-order valence-corrected chi connectivity index (χ1v) is 10.8. The molecule has 1 aromatic heterocycles. The highest BCUT2D eigenvalue weighted by atomic mass is 19.4. The van der Waals surface area contributed by atoms with Gasteiger partial charge in [-0.1, -0.05) is 6.07 Å². The van der Waals surface area contributed by atoms with Crippen LogP contribution in [-0.4, -0.2) is 22.9 Å². The second-order valence-corrected chi connectivity index (χ2v) is 9.72. The summed E-state index contributed by atoms with van der Waals surface area (Å²) in [6.45, 7) is 0. The highest BCUT2D eigenvalue weighted by Crippen LogP contribution is 2.59. The van der Waals surface area contributed by atoms with Gasteiger partial charge in [0.05, 0.1) is 5.69 Å². The molecule has 5 atom stereocenters. The quantitative estimate of drug-likeness (QED) is 0.704. The Morgan fingerprint density at radius 1 is 1.00 bits per heavy atom. The molecule has 1 aliphatic heterocycles. The molecule has 0 bridgehead atoms. The first kappa shape index (κ1) is 18.4. The van der Waals surface area contributed by atoms with E-state index in [0.717, 1.165) is 43.6 Å². The molecule has 4 N–H and O–H groups in total. The number of hydrogen-bond donors (Lipinski definition) is 3. The summed E-state index contributed by atoms with van der Waals surface area (Å²) in [4.78, 5) is 13.0. The summed E-state index contributed by atoms with van der Waals surface area (Å²) in [5.41, 5.74) is 4.35. The molecule has 0 aromatic carbocycles. The van der Waals surface area contributed by atoms with Gasteiger partial charge in [0.15, 0.2) is 5.66 Å². The number of halogens is 3. The number of rotatable bonds is 3. The van der Waals surface area contributed by atoms with E-state index >= 15 is 0 Å². The molecule has 160 valence electrons. The van der Waals surface area contributed by atoms with Crippen LogP contribution in [0.25, 0.3) is 0 Å². The molecule has 4 fully saturated rings. The Kier molecular flexibility index (Phi) is 3.75. The van der Waals surface area contributed by atoms with Crippen LogP contribution in [0.1, 0.15) is 49.9 Å². The molecule has 1 aromatic rings. The number of nitrogens with one attached hydrogen (secondary N) is 2. The lowest BCUT2D eigenvalue weighted by Crippen LogP contribution is -2.58. The van der Waals surface area contributed by atoms with Crippen molar-refractivity contribution in [3.63, 3.8) is 0 Å². The van der Waals surface area contributed by atoms with Crippen LogP contribution in [0, 0.1) is 29.6 Å². The minimum Gasteiger partial charge on any atom is -0.368 e. The summed E-state index contributed by atoms with van der Waals surface area (Å²) in [5.74, 6) is 3.48. The molecule has 5 aliphatic rings. The molecule has 0 spiro atoms. The number of pyridine rings is 1. The Balaban J connectivity index is 1.35. The van der Waals surface area contributed by atoms with Crippen molar-refractivity contribution in [3.8, 4) is 0 Å². The van der Waals surface area contributed by atoms with Crippen LogP contribution >= 0.6 is 0 Å². The molecule has 0 radical (unpaired) electrons. The van der Waals surface area contributed by atoms with Crippen LogP contribution in [0.5, 0.6) is 0 Å². The summed E-state index contributed by atoms with van der Waals surface area (Å²) in [7, 11) is 0. The maximum absolute atomic E-state index is 13.4. The van der Waals surface area contributed by atoms with Gasteiger partial charge in [0.2, 0.25) is 11.9 Å². The predicted octanol–water partition coefficient (Wildman–Crippen LogP) is 2.96. The predicted molar refractivity (Wildman–Crippen MR) is 105 cm³/mol. The molecule has 4 saturated carbocycles. The zero-order chi connectivity index (χ0) is 20.7. The number of fused-ring (bicyclic) bond motifs is 2. The number of aromatic nitrogens is 1. The monoisotopic (exact) mass is 418 g/mol. The Morgan fingerprint density at radius 2 is 1.67 bits per heavy atom. The summed E-state index contributed by atoms with van der Waals surface area (Å²) >= 11 is 0. The molecular formula is C21H25F3N6. The van der Waals surface area contributed by atoms with Crippen molar-refractivity contribution in [3.05, 3.63) is 29.6 Å². The van der Waals surface area contributed by atoms with Gasteiger partial charge in [0.25, 0.3) is 0 Å². The molecule has 5 unspecified atom stereocenters. The topological polar surface area (TPSA) is 87.7 Å². The highest BCUT2D eigenvalue weighted by Gasteiger charge is 2.56. The highest BCUT2D eigenvalue weighted by molar-refractivity contribution is 5.96. The summed E-state index contributed by atoms with van der Waals surface area (Å²) in [5, 5.41) is 6.83. The average Bonchev–Trinajstić information content (AvgIpc) is 3.53. The van der Waals surface area contributed by atoms with Gasteiger partial charge in [-0.05, 0) is 74.3 Å². The molecule has 0 saturated heterocycles. The van der Waals surface area contributed by atoms with Crippen molar-refractivity contribution in [2.75, 3.05) is 0 Å². The summed E-state index contributed by atoms with van der Waals surface area (Å²) in [6.07, 6.45) is 2.02. The van der Waals surface area contributed by atoms with Gasteiger partial charge in [-0.15, -0.1) is 0 Å². The number of aliphatic imine (C=N–C) groups is 2. The van der Waals surface area contributed by atoms with Crippen molar-refractivity contribution in [1.82, 2.24) is 15.6 Å². The largest absolute Gasteiger partial charge is 0.433 e. The fraction of sp³-hybridized carbons (Fsp3) is 0.667. The van der Waals surface area contributed by atoms with Gasteiger partial charge < -0.3 is 16.4 Å².